The van der Waals surface area contributed by atoms with Crippen LogP contribution in [-0.2, 0) is 9.59 Å². The minimum absolute atomic E-state index is 0. The molecule has 1 aromatic carbocycles. The number of carboxylic acid groups (broad SMARTS) is 1. The van der Waals surface area contributed by atoms with Crippen LogP contribution in [0.3, 0.4) is 0 Å². The Morgan fingerprint density at radius 1 is 1.19 bits per heavy atom. The van der Waals surface area contributed by atoms with E-state index in [1.165, 1.54) is 0 Å². The molecule has 2 N–H and O–H groups in total. The van der Waals surface area contributed by atoms with Gasteiger partial charge >= 0.3 is 5.97 Å². The number of carbonyl (C=O) groups excluding carboxylic acids is 2. The predicted octanol–water partition coefficient (Wildman–Crippen LogP) is 1.78. The Kier molecular flexibility index (Phi) is 7.94. The molecular formula is C18H24ClN3O4S. The van der Waals surface area contributed by atoms with E-state index in [1.807, 2.05) is 16.7 Å². The van der Waals surface area contributed by atoms with E-state index in [1.54, 1.807) is 29.2 Å². The Balaban J connectivity index is 0.00000261. The summed E-state index contributed by atoms with van der Waals surface area (Å²) in [5.74, 6) is 0.720. The predicted molar refractivity (Wildman–Crippen MR) is 108 cm³/mol. The van der Waals surface area contributed by atoms with Crippen molar-refractivity contribution in [3.63, 3.8) is 0 Å². The fourth-order valence-electron chi connectivity index (χ4n) is 3.36. The monoisotopic (exact) mass is 413 g/mol. The molecule has 2 aliphatic rings. The molecule has 0 saturated carbocycles. The van der Waals surface area contributed by atoms with E-state index in [2.05, 4.69) is 5.32 Å². The molecule has 0 bridgehead atoms. The number of carbonyl (C=O) groups is 3. The quantitative estimate of drug-likeness (QED) is 0.764. The van der Waals surface area contributed by atoms with E-state index in [0.717, 1.165) is 31.0 Å². The molecule has 0 radical (unpaired) electrons. The minimum atomic E-state index is -0.886. The number of hydrogen-bond donors (Lipinski definition) is 2. The molecule has 2 saturated heterocycles. The third kappa shape index (κ3) is 5.60. The summed E-state index contributed by atoms with van der Waals surface area (Å²) in [6.45, 7) is 2.13. The molecule has 2 heterocycles. The van der Waals surface area contributed by atoms with Crippen LogP contribution >= 0.6 is 24.2 Å². The van der Waals surface area contributed by atoms with Crippen molar-refractivity contribution in [1.29, 1.82) is 0 Å². The number of nitrogens with zero attached hydrogens (tertiary/aromatic N) is 2. The lowest BCUT2D eigenvalue weighted by atomic mass is 10.1. The number of anilines is 1. The van der Waals surface area contributed by atoms with Gasteiger partial charge in [-0.3, -0.25) is 19.3 Å². The second-order valence-electron chi connectivity index (χ2n) is 6.50. The largest absolute Gasteiger partial charge is 0.480 e. The van der Waals surface area contributed by atoms with Crippen LogP contribution < -0.4 is 5.32 Å². The van der Waals surface area contributed by atoms with Crippen molar-refractivity contribution in [3.05, 3.63) is 29.8 Å². The minimum Gasteiger partial charge on any atom is -0.480 e. The van der Waals surface area contributed by atoms with Gasteiger partial charge in [0.15, 0.2) is 0 Å². The van der Waals surface area contributed by atoms with Crippen molar-refractivity contribution in [1.82, 2.24) is 9.80 Å². The highest BCUT2D eigenvalue weighted by Crippen LogP contribution is 2.18. The third-order valence-corrected chi connectivity index (χ3v) is 5.63. The normalized spacial score (nSPS) is 20.0. The molecule has 1 unspecified atom stereocenters. The summed E-state index contributed by atoms with van der Waals surface area (Å²) in [6, 6.07) is 6.32. The number of amides is 2. The molecule has 0 aliphatic carbocycles. The number of rotatable bonds is 5. The molecule has 9 heteroatoms. The van der Waals surface area contributed by atoms with Crippen LogP contribution in [0.15, 0.2) is 24.3 Å². The summed E-state index contributed by atoms with van der Waals surface area (Å²) in [5.41, 5.74) is 1.11. The second-order valence-corrected chi connectivity index (χ2v) is 7.73. The number of benzene rings is 1. The van der Waals surface area contributed by atoms with Crippen LogP contribution in [0.4, 0.5) is 5.69 Å². The first-order valence-corrected chi connectivity index (χ1v) is 9.94. The topological polar surface area (TPSA) is 90.0 Å². The van der Waals surface area contributed by atoms with Gasteiger partial charge in [-0.25, -0.2) is 0 Å². The summed E-state index contributed by atoms with van der Waals surface area (Å²) in [7, 11) is 0. The highest BCUT2D eigenvalue weighted by Gasteiger charge is 2.31. The second kappa shape index (κ2) is 9.96. The van der Waals surface area contributed by atoms with Gasteiger partial charge < -0.3 is 15.3 Å². The van der Waals surface area contributed by atoms with E-state index in [0.29, 0.717) is 24.2 Å². The summed E-state index contributed by atoms with van der Waals surface area (Å²) >= 11 is 1.84. The summed E-state index contributed by atoms with van der Waals surface area (Å²) in [5, 5.41) is 12.0. The fraction of sp³-hybridized carbons (Fsp3) is 0.500. The number of aliphatic carboxylic acids is 1. The standard InChI is InChI=1S/C18H23N3O4S.ClH/c22-16(12-21-6-2-5-15(21)18(24)25)19-14-4-1-3-13(11-14)17(23)20-7-9-26-10-8-20;/h1,3-4,11,15H,2,5-10,12H2,(H,19,22)(H,24,25);1H. The zero-order chi connectivity index (χ0) is 18.5. The van der Waals surface area contributed by atoms with E-state index in [4.69, 9.17) is 0 Å². The molecule has 3 rings (SSSR count). The molecule has 7 nitrogen and oxygen atoms in total. The maximum absolute atomic E-state index is 12.6. The van der Waals surface area contributed by atoms with Gasteiger partial charge in [-0.05, 0) is 37.6 Å². The van der Waals surface area contributed by atoms with Gasteiger partial charge in [0.05, 0.1) is 6.54 Å². The average molecular weight is 414 g/mol. The van der Waals surface area contributed by atoms with Gasteiger partial charge in [0.2, 0.25) is 5.91 Å². The molecular weight excluding hydrogens is 390 g/mol. The zero-order valence-electron chi connectivity index (χ0n) is 14.9. The maximum Gasteiger partial charge on any atom is 0.320 e. The Hall–Kier alpha value is -1.77. The number of hydrogen-bond acceptors (Lipinski definition) is 5. The summed E-state index contributed by atoms with van der Waals surface area (Å²) < 4.78 is 0. The lowest BCUT2D eigenvalue weighted by Gasteiger charge is -2.26. The number of likely N-dealkylation sites (tertiary alicyclic amines) is 1. The van der Waals surface area contributed by atoms with Crippen molar-refractivity contribution in [2.45, 2.75) is 18.9 Å². The third-order valence-electron chi connectivity index (χ3n) is 4.69. The molecule has 27 heavy (non-hydrogen) atoms. The number of carboxylic acids is 1. The molecule has 148 valence electrons. The summed E-state index contributed by atoms with van der Waals surface area (Å²) in [4.78, 5) is 39.6. The first-order chi connectivity index (χ1) is 12.5. The van der Waals surface area contributed by atoms with E-state index in [-0.39, 0.29) is 30.8 Å². The van der Waals surface area contributed by atoms with Crippen LogP contribution in [-0.4, -0.2) is 76.4 Å². The lowest BCUT2D eigenvalue weighted by Crippen LogP contribution is -2.41. The molecule has 2 fully saturated rings. The summed E-state index contributed by atoms with van der Waals surface area (Å²) in [6.07, 6.45) is 1.35. The molecule has 0 aromatic heterocycles. The van der Waals surface area contributed by atoms with Gasteiger partial charge in [-0.1, -0.05) is 6.07 Å². The van der Waals surface area contributed by atoms with Crippen molar-refractivity contribution in [2.75, 3.05) is 43.0 Å². The Bertz CT molecular complexity index is 697. The molecule has 2 aliphatic heterocycles. The molecule has 1 atom stereocenters. The first kappa shape index (κ1) is 21.5. The van der Waals surface area contributed by atoms with Gasteiger partial charge in [0.1, 0.15) is 6.04 Å². The highest BCUT2D eigenvalue weighted by molar-refractivity contribution is 7.99. The lowest BCUT2D eigenvalue weighted by molar-refractivity contribution is -0.142. The van der Waals surface area contributed by atoms with Crippen LogP contribution in [0, 0.1) is 0 Å². The zero-order valence-corrected chi connectivity index (χ0v) is 16.6. The molecule has 0 spiro atoms. The van der Waals surface area contributed by atoms with Crippen molar-refractivity contribution < 1.29 is 19.5 Å². The number of halogens is 1. The Morgan fingerprint density at radius 3 is 2.63 bits per heavy atom. The SMILES string of the molecule is Cl.O=C(CN1CCCC1C(=O)O)Nc1cccc(C(=O)N2CCSCC2)c1. The van der Waals surface area contributed by atoms with Crippen molar-refractivity contribution in [3.8, 4) is 0 Å². The van der Waals surface area contributed by atoms with E-state index < -0.39 is 12.0 Å². The average Bonchev–Trinajstić information content (AvgIpc) is 3.10. The molecule has 2 amide bonds. The van der Waals surface area contributed by atoms with E-state index in [9.17, 15) is 19.5 Å². The van der Waals surface area contributed by atoms with Crippen molar-refractivity contribution >= 4 is 47.6 Å². The van der Waals surface area contributed by atoms with E-state index >= 15 is 0 Å². The Labute approximate surface area is 168 Å². The first-order valence-electron chi connectivity index (χ1n) is 8.78. The van der Waals surface area contributed by atoms with Gasteiger partial charge in [-0.2, -0.15) is 11.8 Å². The number of thioether (sulfide) groups is 1. The number of nitrogens with one attached hydrogen (secondary N) is 1. The molecule has 1 aromatic rings. The van der Waals surface area contributed by atoms with Gasteiger partial charge in [0.25, 0.3) is 5.91 Å². The maximum atomic E-state index is 12.6. The fourth-order valence-corrected chi connectivity index (χ4v) is 4.26. The Morgan fingerprint density at radius 2 is 1.93 bits per heavy atom. The van der Waals surface area contributed by atoms with Crippen LogP contribution in [0.5, 0.6) is 0 Å². The van der Waals surface area contributed by atoms with Crippen LogP contribution in [0.2, 0.25) is 0 Å². The highest BCUT2D eigenvalue weighted by atomic mass is 35.5. The van der Waals surface area contributed by atoms with Gasteiger partial charge in [-0.15, -0.1) is 12.4 Å². The van der Waals surface area contributed by atoms with Crippen molar-refractivity contribution in [2.24, 2.45) is 0 Å². The van der Waals surface area contributed by atoms with Crippen LogP contribution in [0.25, 0.3) is 0 Å². The van der Waals surface area contributed by atoms with Crippen LogP contribution in [0.1, 0.15) is 23.2 Å². The van der Waals surface area contributed by atoms with Gasteiger partial charge in [0, 0.05) is 35.8 Å². The smallest absolute Gasteiger partial charge is 0.320 e.